The van der Waals surface area contributed by atoms with Crippen LogP contribution in [0, 0.1) is 0 Å². The van der Waals surface area contributed by atoms with Crippen molar-refractivity contribution in [1.82, 2.24) is 9.97 Å². The zero-order chi connectivity index (χ0) is 9.26. The molecule has 0 aromatic carbocycles. The molecular formula is C8H7ClN2S2. The van der Waals surface area contributed by atoms with Crippen LogP contribution in [0.1, 0.15) is 6.92 Å². The fraction of sp³-hybridized carbons (Fsp3) is 0.250. The van der Waals surface area contributed by atoms with E-state index in [1.165, 1.54) is 0 Å². The molecule has 2 aromatic rings. The molecule has 5 heteroatoms. The summed E-state index contributed by atoms with van der Waals surface area (Å²) in [6.07, 6.45) is 0. The van der Waals surface area contributed by atoms with E-state index in [9.17, 15) is 0 Å². The molecular weight excluding hydrogens is 224 g/mol. The number of hydrogen-bond acceptors (Lipinski definition) is 4. The van der Waals surface area contributed by atoms with Crippen molar-refractivity contribution in [3.05, 3.63) is 16.6 Å². The first kappa shape index (κ1) is 9.24. The summed E-state index contributed by atoms with van der Waals surface area (Å²) in [5, 5.41) is 4.25. The van der Waals surface area contributed by atoms with Crippen LogP contribution in [0.2, 0.25) is 5.15 Å². The van der Waals surface area contributed by atoms with E-state index in [1.54, 1.807) is 23.1 Å². The molecule has 2 nitrogen and oxygen atoms in total. The minimum atomic E-state index is 0.558. The summed E-state index contributed by atoms with van der Waals surface area (Å²) in [6.45, 7) is 2.07. The summed E-state index contributed by atoms with van der Waals surface area (Å²) >= 11 is 9.18. The molecule has 0 unspecified atom stereocenters. The number of aromatic nitrogens is 2. The summed E-state index contributed by atoms with van der Waals surface area (Å²) in [7, 11) is 0. The van der Waals surface area contributed by atoms with Gasteiger partial charge in [0, 0.05) is 5.39 Å². The van der Waals surface area contributed by atoms with Crippen LogP contribution in [0.5, 0.6) is 0 Å². The molecule has 0 bridgehead atoms. The fourth-order valence-corrected chi connectivity index (χ4v) is 2.72. The Labute approximate surface area is 89.3 Å². The van der Waals surface area contributed by atoms with E-state index in [-0.39, 0.29) is 0 Å². The van der Waals surface area contributed by atoms with Crippen molar-refractivity contribution in [2.45, 2.75) is 12.1 Å². The van der Waals surface area contributed by atoms with E-state index in [0.717, 1.165) is 21.1 Å². The Hall–Kier alpha value is -0.320. The number of rotatable bonds is 2. The number of thioether (sulfide) groups is 1. The molecule has 0 amide bonds. The molecule has 0 fully saturated rings. The summed E-state index contributed by atoms with van der Waals surface area (Å²) < 4.78 is 0. The van der Waals surface area contributed by atoms with E-state index < -0.39 is 0 Å². The molecule has 2 rings (SSSR count). The van der Waals surface area contributed by atoms with Gasteiger partial charge >= 0.3 is 0 Å². The van der Waals surface area contributed by atoms with Crippen LogP contribution in [0.15, 0.2) is 16.6 Å². The monoisotopic (exact) mass is 230 g/mol. The largest absolute Gasteiger partial charge is 0.211 e. The standard InChI is InChI=1S/C8H7ClN2S2/c1-2-12-8-10-6(9)5-3-4-13-7(5)11-8/h3-4H,2H2,1H3. The van der Waals surface area contributed by atoms with E-state index in [0.29, 0.717) is 5.15 Å². The first-order chi connectivity index (χ1) is 6.31. The van der Waals surface area contributed by atoms with Gasteiger partial charge in [-0.1, -0.05) is 30.3 Å². The third-order valence-electron chi connectivity index (χ3n) is 1.53. The average molecular weight is 231 g/mol. The lowest BCUT2D eigenvalue weighted by Crippen LogP contribution is -1.86. The number of halogens is 1. The molecule has 68 valence electrons. The van der Waals surface area contributed by atoms with Crippen LogP contribution >= 0.6 is 34.7 Å². The van der Waals surface area contributed by atoms with Crippen molar-refractivity contribution in [2.24, 2.45) is 0 Å². The van der Waals surface area contributed by atoms with Gasteiger partial charge < -0.3 is 0 Å². The van der Waals surface area contributed by atoms with Crippen molar-refractivity contribution in [2.75, 3.05) is 5.75 Å². The average Bonchev–Trinajstić information content (AvgIpc) is 2.53. The second kappa shape index (κ2) is 3.82. The van der Waals surface area contributed by atoms with Gasteiger partial charge in [-0.25, -0.2) is 9.97 Å². The highest BCUT2D eigenvalue weighted by atomic mass is 35.5. The molecule has 2 heterocycles. The molecule has 2 aromatic heterocycles. The molecule has 0 N–H and O–H groups in total. The minimum absolute atomic E-state index is 0.558. The third kappa shape index (κ3) is 1.80. The Balaban J connectivity index is 2.56. The SMILES string of the molecule is CCSc1nc(Cl)c2ccsc2n1. The van der Waals surface area contributed by atoms with Gasteiger partial charge in [0.25, 0.3) is 0 Å². The fourth-order valence-electron chi connectivity index (χ4n) is 0.995. The first-order valence-corrected chi connectivity index (χ1v) is 6.09. The molecule has 0 spiro atoms. The van der Waals surface area contributed by atoms with Crippen molar-refractivity contribution in [3.63, 3.8) is 0 Å². The number of hydrogen-bond donors (Lipinski definition) is 0. The molecule has 0 atom stereocenters. The van der Waals surface area contributed by atoms with Gasteiger partial charge in [-0.05, 0) is 17.2 Å². The zero-order valence-electron chi connectivity index (χ0n) is 6.95. The minimum Gasteiger partial charge on any atom is -0.211 e. The third-order valence-corrected chi connectivity index (χ3v) is 3.36. The number of thiophene rings is 1. The Morgan fingerprint density at radius 2 is 2.38 bits per heavy atom. The lowest BCUT2D eigenvalue weighted by atomic mass is 10.4. The van der Waals surface area contributed by atoms with Crippen LogP contribution in [-0.2, 0) is 0 Å². The highest BCUT2D eigenvalue weighted by Gasteiger charge is 2.06. The zero-order valence-corrected chi connectivity index (χ0v) is 9.34. The van der Waals surface area contributed by atoms with Crippen LogP contribution in [0.4, 0.5) is 0 Å². The molecule has 0 radical (unpaired) electrons. The number of nitrogens with zero attached hydrogens (tertiary/aromatic N) is 2. The van der Waals surface area contributed by atoms with E-state index in [1.807, 2.05) is 11.4 Å². The van der Waals surface area contributed by atoms with Crippen molar-refractivity contribution in [3.8, 4) is 0 Å². The van der Waals surface area contributed by atoms with Gasteiger partial charge in [-0.3, -0.25) is 0 Å². The predicted octanol–water partition coefficient (Wildman–Crippen LogP) is 3.46. The Morgan fingerprint density at radius 3 is 3.15 bits per heavy atom. The van der Waals surface area contributed by atoms with Crippen LogP contribution in [-0.4, -0.2) is 15.7 Å². The summed E-state index contributed by atoms with van der Waals surface area (Å²) in [4.78, 5) is 9.53. The van der Waals surface area contributed by atoms with Crippen LogP contribution < -0.4 is 0 Å². The van der Waals surface area contributed by atoms with Crippen LogP contribution in [0.3, 0.4) is 0 Å². The normalized spacial score (nSPS) is 10.9. The Morgan fingerprint density at radius 1 is 1.54 bits per heavy atom. The molecule has 0 aliphatic heterocycles. The van der Waals surface area contributed by atoms with Gasteiger partial charge in [-0.15, -0.1) is 11.3 Å². The maximum Gasteiger partial charge on any atom is 0.190 e. The van der Waals surface area contributed by atoms with Crippen molar-refractivity contribution in [1.29, 1.82) is 0 Å². The smallest absolute Gasteiger partial charge is 0.190 e. The Bertz CT molecular complexity index is 427. The van der Waals surface area contributed by atoms with Crippen molar-refractivity contribution < 1.29 is 0 Å². The van der Waals surface area contributed by atoms with Gasteiger partial charge in [-0.2, -0.15) is 0 Å². The second-order valence-corrected chi connectivity index (χ2v) is 4.85. The van der Waals surface area contributed by atoms with E-state index in [2.05, 4.69) is 16.9 Å². The van der Waals surface area contributed by atoms with Gasteiger partial charge in [0.2, 0.25) is 0 Å². The van der Waals surface area contributed by atoms with Gasteiger partial charge in [0.1, 0.15) is 9.98 Å². The molecule has 0 aliphatic carbocycles. The molecule has 0 aliphatic rings. The van der Waals surface area contributed by atoms with E-state index in [4.69, 9.17) is 11.6 Å². The predicted molar refractivity (Wildman–Crippen MR) is 58.8 cm³/mol. The highest BCUT2D eigenvalue weighted by Crippen LogP contribution is 2.27. The maximum absolute atomic E-state index is 5.98. The molecule has 0 saturated carbocycles. The first-order valence-electron chi connectivity index (χ1n) is 3.85. The van der Waals surface area contributed by atoms with E-state index >= 15 is 0 Å². The van der Waals surface area contributed by atoms with Gasteiger partial charge in [0.15, 0.2) is 5.16 Å². The summed E-state index contributed by atoms with van der Waals surface area (Å²) in [5.74, 6) is 0.965. The second-order valence-electron chi connectivity index (χ2n) is 2.37. The lowest BCUT2D eigenvalue weighted by Gasteiger charge is -1.97. The van der Waals surface area contributed by atoms with Crippen LogP contribution in [0.25, 0.3) is 10.2 Å². The maximum atomic E-state index is 5.98. The summed E-state index contributed by atoms with van der Waals surface area (Å²) in [5.41, 5.74) is 0. The van der Waals surface area contributed by atoms with Crippen molar-refractivity contribution >= 4 is 44.9 Å². The summed E-state index contributed by atoms with van der Waals surface area (Å²) in [6, 6.07) is 1.95. The lowest BCUT2D eigenvalue weighted by molar-refractivity contribution is 1.01. The molecule has 13 heavy (non-hydrogen) atoms. The topological polar surface area (TPSA) is 25.8 Å². The molecule has 0 saturated heterocycles. The quantitative estimate of drug-likeness (QED) is 0.449. The number of fused-ring (bicyclic) bond motifs is 1. The van der Waals surface area contributed by atoms with Gasteiger partial charge in [0.05, 0.1) is 0 Å². The highest BCUT2D eigenvalue weighted by molar-refractivity contribution is 7.99. The Kier molecular flexibility index (Phi) is 2.71.